The van der Waals surface area contributed by atoms with E-state index in [4.69, 9.17) is 0 Å². The fourth-order valence-corrected chi connectivity index (χ4v) is 2.16. The summed E-state index contributed by atoms with van der Waals surface area (Å²) < 4.78 is 37.7. The molecule has 6 heteroatoms. The Hall–Kier alpha value is -0.330. The predicted octanol–water partition coefficient (Wildman–Crippen LogP) is 1.23. The molecule has 1 aliphatic heterocycles. The summed E-state index contributed by atoms with van der Waals surface area (Å²) in [5, 5.41) is 12.6. The van der Waals surface area contributed by atoms with Crippen molar-refractivity contribution in [3.05, 3.63) is 0 Å². The van der Waals surface area contributed by atoms with Crippen molar-refractivity contribution < 1.29 is 18.3 Å². The Bertz CT molecular complexity index is 223. The molecule has 0 bridgehead atoms. The fourth-order valence-electron chi connectivity index (χ4n) is 2.16. The number of likely N-dealkylation sites (N-methyl/N-ethyl adjacent to an activating group) is 1. The zero-order chi connectivity index (χ0) is 12.9. The maximum atomic E-state index is 12.6. The Labute approximate surface area is 100.0 Å². The molecule has 2 unspecified atom stereocenters. The van der Waals surface area contributed by atoms with Gasteiger partial charge in [-0.15, -0.1) is 0 Å². The molecule has 0 radical (unpaired) electrons. The number of aliphatic hydroxyl groups is 1. The first-order valence-electron chi connectivity index (χ1n) is 6.11. The summed E-state index contributed by atoms with van der Waals surface area (Å²) in [6.45, 7) is 4.10. The molecule has 17 heavy (non-hydrogen) atoms. The van der Waals surface area contributed by atoms with Crippen molar-refractivity contribution >= 4 is 0 Å². The lowest BCUT2D eigenvalue weighted by molar-refractivity contribution is -0.187. The number of β-amino-alcohol motifs (C(OH)–C–C–N with tert-alkyl or cyclic N) is 1. The number of halogens is 3. The van der Waals surface area contributed by atoms with Crippen LogP contribution in [-0.2, 0) is 0 Å². The van der Waals surface area contributed by atoms with Crippen LogP contribution >= 0.6 is 0 Å². The topological polar surface area (TPSA) is 35.5 Å². The van der Waals surface area contributed by atoms with E-state index in [1.807, 2.05) is 6.92 Å². The lowest BCUT2D eigenvalue weighted by Crippen LogP contribution is -2.46. The second kappa shape index (κ2) is 6.56. The molecule has 0 aromatic rings. The van der Waals surface area contributed by atoms with Crippen molar-refractivity contribution in [1.29, 1.82) is 0 Å². The van der Waals surface area contributed by atoms with Gasteiger partial charge >= 0.3 is 6.18 Å². The van der Waals surface area contributed by atoms with Gasteiger partial charge in [-0.2, -0.15) is 13.2 Å². The van der Waals surface area contributed by atoms with Crippen molar-refractivity contribution in [2.75, 3.05) is 32.7 Å². The zero-order valence-corrected chi connectivity index (χ0v) is 10.1. The number of rotatable bonds is 5. The van der Waals surface area contributed by atoms with E-state index in [2.05, 4.69) is 5.32 Å². The molecular formula is C11H21F3N2O. The number of piperidine rings is 1. The standard InChI is InChI=1S/C11H21F3N2O/c1-2-15-6-10(17)8-16-5-3-4-9(7-16)11(12,13)14/h9-10,15,17H,2-8H2,1H3. The third kappa shape index (κ3) is 5.23. The van der Waals surface area contributed by atoms with Crippen molar-refractivity contribution in [2.45, 2.75) is 32.0 Å². The van der Waals surface area contributed by atoms with Crippen LogP contribution in [0.3, 0.4) is 0 Å². The first-order chi connectivity index (χ1) is 7.93. The van der Waals surface area contributed by atoms with Crippen LogP contribution in [0, 0.1) is 5.92 Å². The second-order valence-corrected chi connectivity index (χ2v) is 4.60. The molecule has 1 aliphatic rings. The van der Waals surface area contributed by atoms with Crippen LogP contribution in [0.15, 0.2) is 0 Å². The molecule has 0 amide bonds. The highest BCUT2D eigenvalue weighted by atomic mass is 19.4. The molecule has 0 aromatic carbocycles. The largest absolute Gasteiger partial charge is 0.393 e. The second-order valence-electron chi connectivity index (χ2n) is 4.60. The van der Waals surface area contributed by atoms with Gasteiger partial charge in [-0.05, 0) is 25.9 Å². The van der Waals surface area contributed by atoms with E-state index in [-0.39, 0.29) is 13.0 Å². The Kier molecular flexibility index (Phi) is 5.69. The van der Waals surface area contributed by atoms with Crippen molar-refractivity contribution in [2.24, 2.45) is 5.92 Å². The molecule has 2 atom stereocenters. The molecular weight excluding hydrogens is 233 g/mol. The third-order valence-electron chi connectivity index (χ3n) is 3.07. The first-order valence-corrected chi connectivity index (χ1v) is 6.11. The van der Waals surface area contributed by atoms with E-state index in [0.717, 1.165) is 6.54 Å². The molecule has 1 fully saturated rings. The number of hydrogen-bond donors (Lipinski definition) is 2. The molecule has 102 valence electrons. The normalized spacial score (nSPS) is 24.9. The van der Waals surface area contributed by atoms with E-state index in [9.17, 15) is 18.3 Å². The van der Waals surface area contributed by atoms with Crippen LogP contribution < -0.4 is 5.32 Å². The van der Waals surface area contributed by atoms with Gasteiger partial charge in [0.1, 0.15) is 0 Å². The summed E-state index contributed by atoms with van der Waals surface area (Å²) in [4.78, 5) is 1.71. The van der Waals surface area contributed by atoms with Gasteiger partial charge in [0.05, 0.1) is 12.0 Å². The van der Waals surface area contributed by atoms with Gasteiger partial charge in [-0.25, -0.2) is 0 Å². The van der Waals surface area contributed by atoms with E-state index in [1.165, 1.54) is 0 Å². The summed E-state index contributed by atoms with van der Waals surface area (Å²) >= 11 is 0. The molecule has 0 aromatic heterocycles. The first kappa shape index (κ1) is 14.7. The Balaban J connectivity index is 2.34. The van der Waals surface area contributed by atoms with Gasteiger partial charge in [0, 0.05) is 19.6 Å². The van der Waals surface area contributed by atoms with Crippen LogP contribution in [0.5, 0.6) is 0 Å². The van der Waals surface area contributed by atoms with Crippen LogP contribution in [0.25, 0.3) is 0 Å². The highest BCUT2D eigenvalue weighted by Gasteiger charge is 2.41. The lowest BCUT2D eigenvalue weighted by Gasteiger charge is -2.34. The Morgan fingerprint density at radius 3 is 2.76 bits per heavy atom. The summed E-state index contributed by atoms with van der Waals surface area (Å²) in [6.07, 6.45) is -3.94. The van der Waals surface area contributed by atoms with Gasteiger partial charge in [0.2, 0.25) is 0 Å². The van der Waals surface area contributed by atoms with Crippen LogP contribution in [0.4, 0.5) is 13.2 Å². The minimum Gasteiger partial charge on any atom is -0.390 e. The zero-order valence-electron chi connectivity index (χ0n) is 10.1. The predicted molar refractivity (Wildman–Crippen MR) is 59.8 cm³/mol. The molecule has 1 rings (SSSR count). The fraction of sp³-hybridized carbons (Fsp3) is 1.00. The molecule has 1 saturated heterocycles. The maximum Gasteiger partial charge on any atom is 0.393 e. The number of nitrogens with zero attached hydrogens (tertiary/aromatic N) is 1. The molecule has 2 N–H and O–H groups in total. The van der Waals surface area contributed by atoms with Crippen molar-refractivity contribution in [3.8, 4) is 0 Å². The van der Waals surface area contributed by atoms with Gasteiger partial charge < -0.3 is 15.3 Å². The van der Waals surface area contributed by atoms with Gasteiger partial charge in [-0.3, -0.25) is 0 Å². The van der Waals surface area contributed by atoms with Gasteiger partial charge in [-0.1, -0.05) is 6.92 Å². The molecule has 3 nitrogen and oxygen atoms in total. The highest BCUT2D eigenvalue weighted by Crippen LogP contribution is 2.32. The van der Waals surface area contributed by atoms with E-state index in [0.29, 0.717) is 26.1 Å². The number of alkyl halides is 3. The highest BCUT2D eigenvalue weighted by molar-refractivity contribution is 4.79. The summed E-state index contributed by atoms with van der Waals surface area (Å²) in [7, 11) is 0. The molecule has 1 heterocycles. The Morgan fingerprint density at radius 1 is 1.47 bits per heavy atom. The van der Waals surface area contributed by atoms with Crippen LogP contribution in [0.2, 0.25) is 0 Å². The minimum absolute atomic E-state index is 0.0205. The van der Waals surface area contributed by atoms with Crippen LogP contribution in [0.1, 0.15) is 19.8 Å². The number of aliphatic hydroxyl groups excluding tert-OH is 1. The van der Waals surface area contributed by atoms with E-state index in [1.54, 1.807) is 4.90 Å². The average Bonchev–Trinajstić information content (AvgIpc) is 2.25. The van der Waals surface area contributed by atoms with Gasteiger partial charge in [0.15, 0.2) is 0 Å². The van der Waals surface area contributed by atoms with E-state index < -0.39 is 18.2 Å². The number of hydrogen-bond acceptors (Lipinski definition) is 3. The van der Waals surface area contributed by atoms with Crippen molar-refractivity contribution in [3.63, 3.8) is 0 Å². The molecule has 0 aliphatic carbocycles. The van der Waals surface area contributed by atoms with E-state index >= 15 is 0 Å². The third-order valence-corrected chi connectivity index (χ3v) is 3.07. The van der Waals surface area contributed by atoms with Gasteiger partial charge in [0.25, 0.3) is 0 Å². The maximum absolute atomic E-state index is 12.6. The Morgan fingerprint density at radius 2 is 2.18 bits per heavy atom. The summed E-state index contributed by atoms with van der Waals surface area (Å²) in [5.74, 6) is -1.23. The summed E-state index contributed by atoms with van der Waals surface area (Å²) in [5.41, 5.74) is 0. The molecule has 0 saturated carbocycles. The monoisotopic (exact) mass is 254 g/mol. The average molecular weight is 254 g/mol. The quantitative estimate of drug-likeness (QED) is 0.774. The number of likely N-dealkylation sites (tertiary alicyclic amines) is 1. The van der Waals surface area contributed by atoms with Crippen LogP contribution in [-0.4, -0.2) is 55.0 Å². The smallest absolute Gasteiger partial charge is 0.390 e. The lowest BCUT2D eigenvalue weighted by atomic mass is 9.97. The molecule has 0 spiro atoms. The summed E-state index contributed by atoms with van der Waals surface area (Å²) in [6, 6.07) is 0. The SMILES string of the molecule is CCNCC(O)CN1CCCC(C(F)(F)F)C1. The number of nitrogens with one attached hydrogen (secondary N) is 1. The van der Waals surface area contributed by atoms with Crippen molar-refractivity contribution in [1.82, 2.24) is 10.2 Å². The minimum atomic E-state index is -4.11.